The van der Waals surface area contributed by atoms with Gasteiger partial charge >= 0.3 is 12.1 Å². The molecule has 0 saturated heterocycles. The van der Waals surface area contributed by atoms with E-state index in [9.17, 15) is 22.8 Å². The van der Waals surface area contributed by atoms with Gasteiger partial charge in [-0.1, -0.05) is 29.8 Å². The number of nitrogens with zero attached hydrogens (tertiary/aromatic N) is 5. The maximum absolute atomic E-state index is 13.5. The van der Waals surface area contributed by atoms with Crippen molar-refractivity contribution < 1.29 is 27.4 Å². The Morgan fingerprint density at radius 2 is 1.65 bits per heavy atom. The quantitative estimate of drug-likeness (QED) is 0.250. The molecule has 0 aliphatic carbocycles. The van der Waals surface area contributed by atoms with Crippen LogP contribution in [0.4, 0.5) is 13.2 Å². The smallest absolute Gasteiger partial charge is 0.490 e. The number of aromatic nitrogens is 4. The van der Waals surface area contributed by atoms with Gasteiger partial charge in [-0.15, -0.1) is 13.2 Å². The van der Waals surface area contributed by atoms with Crippen molar-refractivity contribution in [3.8, 4) is 17.5 Å². The first-order valence-electron chi connectivity index (χ1n) is 12.1. The standard InChI is InChI=1S/C26H27ClF3N5O5/c1-32(2)11-12-34-23(36)21-22(33(3)25(34)37)31-24(35(21)16-17-7-9-18(27)10-8-17)39-14-13-38-19-5-4-6-20(15-19)40-26(28,29)30/h4-10,15H,11-14,16H2,1-3H3. The average molecular weight is 582 g/mol. The number of hydrogen-bond acceptors (Lipinski definition) is 7. The van der Waals surface area contributed by atoms with E-state index in [1.165, 1.54) is 23.7 Å². The van der Waals surface area contributed by atoms with Crippen LogP contribution in [0.15, 0.2) is 58.1 Å². The molecule has 0 radical (unpaired) electrons. The Hall–Kier alpha value is -3.97. The molecule has 2 aromatic heterocycles. The van der Waals surface area contributed by atoms with Crippen LogP contribution >= 0.6 is 11.6 Å². The lowest BCUT2D eigenvalue weighted by Gasteiger charge is -2.13. The normalized spacial score (nSPS) is 11.8. The summed E-state index contributed by atoms with van der Waals surface area (Å²) >= 11 is 6.02. The van der Waals surface area contributed by atoms with Gasteiger partial charge in [-0.3, -0.25) is 18.5 Å². The highest BCUT2D eigenvalue weighted by Crippen LogP contribution is 2.26. The van der Waals surface area contributed by atoms with Gasteiger partial charge in [-0.25, -0.2) is 4.79 Å². The fourth-order valence-electron chi connectivity index (χ4n) is 3.93. The van der Waals surface area contributed by atoms with E-state index in [0.717, 1.165) is 22.3 Å². The minimum absolute atomic E-state index is 0.0500. The van der Waals surface area contributed by atoms with Gasteiger partial charge in [0.05, 0.1) is 6.54 Å². The van der Waals surface area contributed by atoms with E-state index in [1.54, 1.807) is 28.8 Å². The minimum Gasteiger partial charge on any atom is -0.490 e. The zero-order valence-corrected chi connectivity index (χ0v) is 22.7. The number of aryl methyl sites for hydroxylation is 1. The molecule has 0 spiro atoms. The Balaban J connectivity index is 1.62. The highest BCUT2D eigenvalue weighted by atomic mass is 35.5. The summed E-state index contributed by atoms with van der Waals surface area (Å²) in [6.45, 7) is 0.744. The fraction of sp³-hybridized carbons (Fsp3) is 0.346. The lowest BCUT2D eigenvalue weighted by molar-refractivity contribution is -0.274. The third kappa shape index (κ3) is 6.96. The number of benzene rings is 2. The average Bonchev–Trinajstić information content (AvgIpc) is 3.24. The molecule has 0 fully saturated rings. The largest absolute Gasteiger partial charge is 0.573 e. The molecule has 0 N–H and O–H groups in total. The van der Waals surface area contributed by atoms with E-state index in [0.29, 0.717) is 11.6 Å². The molecule has 40 heavy (non-hydrogen) atoms. The number of rotatable bonds is 11. The highest BCUT2D eigenvalue weighted by molar-refractivity contribution is 6.30. The lowest BCUT2D eigenvalue weighted by Crippen LogP contribution is -2.41. The minimum atomic E-state index is -4.82. The van der Waals surface area contributed by atoms with Crippen molar-refractivity contribution in [3.63, 3.8) is 0 Å². The molecule has 4 aromatic rings. The van der Waals surface area contributed by atoms with Crippen LogP contribution < -0.4 is 25.5 Å². The molecule has 2 aromatic carbocycles. The Kier molecular flexibility index (Phi) is 8.74. The van der Waals surface area contributed by atoms with Crippen LogP contribution in [0.2, 0.25) is 5.02 Å². The molecule has 0 unspecified atom stereocenters. The summed E-state index contributed by atoms with van der Waals surface area (Å²) < 4.78 is 56.8. The number of hydrogen-bond donors (Lipinski definition) is 0. The molecule has 0 bridgehead atoms. The Labute approximate surface area is 231 Å². The van der Waals surface area contributed by atoms with Crippen molar-refractivity contribution in [2.75, 3.05) is 33.9 Å². The zero-order chi connectivity index (χ0) is 29.0. The number of fused-ring (bicyclic) bond motifs is 1. The Bertz CT molecular complexity index is 1600. The number of likely N-dealkylation sites (N-methyl/N-ethyl adjacent to an activating group) is 1. The van der Waals surface area contributed by atoms with Gasteiger partial charge in [0.25, 0.3) is 11.6 Å². The van der Waals surface area contributed by atoms with Crippen LogP contribution in [0.1, 0.15) is 5.56 Å². The van der Waals surface area contributed by atoms with Crippen LogP contribution in [0.3, 0.4) is 0 Å². The van der Waals surface area contributed by atoms with Crippen molar-refractivity contribution in [2.24, 2.45) is 7.05 Å². The predicted octanol–water partition coefficient (Wildman–Crippen LogP) is 3.52. The van der Waals surface area contributed by atoms with Gasteiger partial charge in [0.2, 0.25) is 0 Å². The van der Waals surface area contributed by atoms with Gasteiger partial charge in [0.15, 0.2) is 11.2 Å². The van der Waals surface area contributed by atoms with Gasteiger partial charge in [0.1, 0.15) is 24.7 Å². The molecular weight excluding hydrogens is 555 g/mol. The summed E-state index contributed by atoms with van der Waals surface area (Å²) in [5.74, 6) is -0.270. The van der Waals surface area contributed by atoms with Crippen LogP contribution in [0.5, 0.6) is 17.5 Å². The predicted molar refractivity (Wildman–Crippen MR) is 142 cm³/mol. The van der Waals surface area contributed by atoms with Crippen LogP contribution in [0, 0.1) is 0 Å². The number of alkyl halides is 3. The zero-order valence-electron chi connectivity index (χ0n) is 21.9. The van der Waals surface area contributed by atoms with Gasteiger partial charge < -0.3 is 19.1 Å². The molecule has 0 saturated carbocycles. The van der Waals surface area contributed by atoms with Crippen molar-refractivity contribution >= 4 is 22.8 Å². The second-order valence-corrected chi connectivity index (χ2v) is 9.54. The first kappa shape index (κ1) is 29.0. The summed E-state index contributed by atoms with van der Waals surface area (Å²) in [5.41, 5.74) is 0.126. The van der Waals surface area contributed by atoms with E-state index in [-0.39, 0.29) is 49.2 Å². The van der Waals surface area contributed by atoms with Crippen molar-refractivity contribution in [1.29, 1.82) is 0 Å². The monoisotopic (exact) mass is 581 g/mol. The molecule has 0 aliphatic rings. The summed E-state index contributed by atoms with van der Waals surface area (Å²) in [6.07, 6.45) is -4.82. The topological polar surface area (TPSA) is 92.8 Å². The van der Waals surface area contributed by atoms with Crippen molar-refractivity contribution in [3.05, 3.63) is 80.0 Å². The van der Waals surface area contributed by atoms with E-state index >= 15 is 0 Å². The lowest BCUT2D eigenvalue weighted by atomic mass is 10.2. The fourth-order valence-corrected chi connectivity index (χ4v) is 4.06. The summed E-state index contributed by atoms with van der Waals surface area (Å²) in [6, 6.07) is 12.2. The third-order valence-electron chi connectivity index (χ3n) is 5.84. The SMILES string of the molecule is CN(C)CCn1c(=O)c2c(nc(OCCOc3cccc(OC(F)(F)F)c3)n2Cc2ccc(Cl)cc2)n(C)c1=O. The summed E-state index contributed by atoms with van der Waals surface area (Å²) in [4.78, 5) is 32.8. The molecule has 0 atom stereocenters. The number of imidazole rings is 1. The summed E-state index contributed by atoms with van der Waals surface area (Å²) in [5, 5.41) is 0.547. The molecule has 0 aliphatic heterocycles. The van der Waals surface area contributed by atoms with Crippen molar-refractivity contribution in [1.82, 2.24) is 23.6 Å². The molecule has 10 nitrogen and oxygen atoms in total. The van der Waals surface area contributed by atoms with Gasteiger partial charge in [-0.2, -0.15) is 4.98 Å². The molecule has 2 heterocycles. The maximum Gasteiger partial charge on any atom is 0.573 e. The van der Waals surface area contributed by atoms with E-state index < -0.39 is 23.4 Å². The third-order valence-corrected chi connectivity index (χ3v) is 6.10. The van der Waals surface area contributed by atoms with E-state index in [2.05, 4.69) is 9.72 Å². The Morgan fingerprint density at radius 3 is 2.33 bits per heavy atom. The van der Waals surface area contributed by atoms with Crippen LogP contribution in [-0.4, -0.2) is 63.8 Å². The van der Waals surface area contributed by atoms with E-state index in [4.69, 9.17) is 21.1 Å². The first-order chi connectivity index (χ1) is 18.9. The van der Waals surface area contributed by atoms with E-state index in [1.807, 2.05) is 19.0 Å². The molecular formula is C26H27ClF3N5O5. The van der Waals surface area contributed by atoms with Crippen molar-refractivity contribution in [2.45, 2.75) is 19.5 Å². The van der Waals surface area contributed by atoms with Gasteiger partial charge in [-0.05, 0) is 43.9 Å². The second-order valence-electron chi connectivity index (χ2n) is 9.10. The number of halogens is 4. The molecule has 0 amide bonds. The second kappa shape index (κ2) is 12.0. The maximum atomic E-state index is 13.5. The first-order valence-corrected chi connectivity index (χ1v) is 12.5. The number of ether oxygens (including phenoxy) is 3. The van der Waals surface area contributed by atoms with Crippen LogP contribution in [0.25, 0.3) is 11.2 Å². The highest BCUT2D eigenvalue weighted by Gasteiger charge is 2.31. The molecule has 14 heteroatoms. The summed E-state index contributed by atoms with van der Waals surface area (Å²) in [7, 11) is 5.21. The van der Waals surface area contributed by atoms with Crippen LogP contribution in [-0.2, 0) is 20.1 Å². The van der Waals surface area contributed by atoms with Gasteiger partial charge in [0, 0.05) is 31.2 Å². The molecule has 4 rings (SSSR count). The molecule has 214 valence electrons. The Morgan fingerprint density at radius 1 is 0.975 bits per heavy atom.